The summed E-state index contributed by atoms with van der Waals surface area (Å²) < 4.78 is 0. The highest BCUT2D eigenvalue weighted by atomic mass is 14.7. The second-order valence-electron chi connectivity index (χ2n) is 14.5. The highest BCUT2D eigenvalue weighted by Crippen LogP contribution is 2.72. The van der Waals surface area contributed by atoms with Crippen molar-refractivity contribution in [3.63, 3.8) is 0 Å². The summed E-state index contributed by atoms with van der Waals surface area (Å²) in [4.78, 5) is 0. The van der Waals surface area contributed by atoms with Crippen LogP contribution in [0.4, 0.5) is 0 Å². The lowest BCUT2D eigenvalue weighted by Gasteiger charge is -2.62. The van der Waals surface area contributed by atoms with Crippen molar-refractivity contribution >= 4 is 0 Å². The third-order valence-electron chi connectivity index (χ3n) is 12.8. The highest BCUT2D eigenvalue weighted by molar-refractivity contribution is 5.38. The smallest absolute Gasteiger partial charge is 0.00568 e. The van der Waals surface area contributed by atoms with Gasteiger partial charge < -0.3 is 0 Å². The van der Waals surface area contributed by atoms with Gasteiger partial charge in [0.2, 0.25) is 0 Å². The van der Waals surface area contributed by atoms with Crippen LogP contribution in [0.2, 0.25) is 0 Å². The number of hydrogen-bond donors (Lipinski definition) is 0. The Kier molecular flexibility index (Phi) is 6.16. The van der Waals surface area contributed by atoms with Crippen molar-refractivity contribution in [1.29, 1.82) is 0 Å². The van der Waals surface area contributed by atoms with E-state index in [1.54, 1.807) is 0 Å². The minimum absolute atomic E-state index is 0.440. The third kappa shape index (κ3) is 3.35. The molecule has 1 unspecified atom stereocenters. The summed E-state index contributed by atoms with van der Waals surface area (Å²) in [6.07, 6.45) is 14.0. The lowest BCUT2D eigenvalue weighted by molar-refractivity contribution is -0.0482. The SMILES string of the molecule is C=C(CC[C@@H](C)[C@H]1CC[C@@]2(C)C3=C(CC[C@]12C)[C@@]1(C)CC[C@H](C)C(C)(C)C1CC3)C(C)C. The molecule has 0 N–H and O–H groups in total. The van der Waals surface area contributed by atoms with Crippen LogP contribution in [0.15, 0.2) is 23.3 Å². The minimum Gasteiger partial charge on any atom is -0.0996 e. The molecule has 0 amide bonds. The standard InChI is InChI=1S/C32H54/c1-21(2)22(3)11-12-23(4)25-16-19-32(10)27-13-14-28-29(6,7)24(5)15-18-30(28,8)26(27)17-20-31(25,32)9/h21,23-25,28H,3,11-20H2,1-2,4-10H3/t23-,24+,25-,28?,30-,31-,32+/m1/s1. The van der Waals surface area contributed by atoms with Crippen LogP contribution in [0.5, 0.6) is 0 Å². The molecule has 0 nitrogen and oxygen atoms in total. The molecule has 4 aliphatic rings. The van der Waals surface area contributed by atoms with E-state index in [0.29, 0.717) is 27.6 Å². The molecule has 4 rings (SSSR count). The first-order valence-electron chi connectivity index (χ1n) is 14.2. The molecule has 2 saturated carbocycles. The van der Waals surface area contributed by atoms with Gasteiger partial charge in [0.25, 0.3) is 0 Å². The molecule has 0 bridgehead atoms. The Balaban J connectivity index is 1.62. The summed E-state index contributed by atoms with van der Waals surface area (Å²) in [5.74, 6) is 4.08. The van der Waals surface area contributed by atoms with Crippen molar-refractivity contribution in [2.24, 2.45) is 51.2 Å². The maximum Gasteiger partial charge on any atom is -0.00568 e. The predicted molar refractivity (Wildman–Crippen MR) is 141 cm³/mol. The molecule has 32 heavy (non-hydrogen) atoms. The molecule has 2 fully saturated rings. The number of fused-ring (bicyclic) bond motifs is 4. The van der Waals surface area contributed by atoms with Crippen LogP contribution in [-0.2, 0) is 0 Å². The highest BCUT2D eigenvalue weighted by Gasteiger charge is 2.62. The monoisotopic (exact) mass is 438 g/mol. The van der Waals surface area contributed by atoms with E-state index >= 15 is 0 Å². The second-order valence-corrected chi connectivity index (χ2v) is 14.5. The van der Waals surface area contributed by atoms with Crippen molar-refractivity contribution < 1.29 is 0 Å². The Bertz CT molecular complexity index is 780. The summed E-state index contributed by atoms with van der Waals surface area (Å²) in [6, 6.07) is 0. The molecule has 0 heteroatoms. The van der Waals surface area contributed by atoms with Gasteiger partial charge in [-0.05, 0) is 115 Å². The van der Waals surface area contributed by atoms with Crippen LogP contribution in [0.25, 0.3) is 0 Å². The van der Waals surface area contributed by atoms with Gasteiger partial charge in [-0.1, -0.05) is 85.6 Å². The van der Waals surface area contributed by atoms with Gasteiger partial charge >= 0.3 is 0 Å². The Morgan fingerprint density at radius 2 is 1.59 bits per heavy atom. The zero-order chi connectivity index (χ0) is 23.7. The Morgan fingerprint density at radius 1 is 0.906 bits per heavy atom. The molecular formula is C32H54. The average Bonchev–Trinajstić information content (AvgIpc) is 3.00. The quantitative estimate of drug-likeness (QED) is 0.374. The first kappa shape index (κ1) is 24.6. The molecular weight excluding hydrogens is 384 g/mol. The number of hydrogen-bond acceptors (Lipinski definition) is 0. The maximum atomic E-state index is 4.37. The summed E-state index contributed by atoms with van der Waals surface area (Å²) in [7, 11) is 0. The lowest BCUT2D eigenvalue weighted by atomic mass is 9.42. The van der Waals surface area contributed by atoms with Gasteiger partial charge in [-0.25, -0.2) is 0 Å². The van der Waals surface area contributed by atoms with Crippen molar-refractivity contribution in [3.05, 3.63) is 23.3 Å². The van der Waals surface area contributed by atoms with Gasteiger partial charge in [0, 0.05) is 0 Å². The molecule has 0 heterocycles. The van der Waals surface area contributed by atoms with E-state index in [2.05, 4.69) is 68.9 Å². The summed E-state index contributed by atoms with van der Waals surface area (Å²) in [5, 5.41) is 0. The van der Waals surface area contributed by atoms with Crippen LogP contribution >= 0.6 is 0 Å². The molecule has 182 valence electrons. The summed E-state index contributed by atoms with van der Waals surface area (Å²) in [6.45, 7) is 27.4. The predicted octanol–water partition coefficient (Wildman–Crippen LogP) is 10.0. The van der Waals surface area contributed by atoms with E-state index in [1.165, 1.54) is 69.8 Å². The largest absolute Gasteiger partial charge is 0.0996 e. The average molecular weight is 439 g/mol. The van der Waals surface area contributed by atoms with Gasteiger partial charge in [-0.3, -0.25) is 0 Å². The molecule has 0 aromatic heterocycles. The molecule has 0 spiro atoms. The third-order valence-corrected chi connectivity index (χ3v) is 12.8. The minimum atomic E-state index is 0.440. The van der Waals surface area contributed by atoms with Crippen molar-refractivity contribution in [3.8, 4) is 0 Å². The van der Waals surface area contributed by atoms with Crippen LogP contribution in [0.3, 0.4) is 0 Å². The van der Waals surface area contributed by atoms with E-state index in [1.807, 2.05) is 11.1 Å². The van der Waals surface area contributed by atoms with Crippen LogP contribution in [0.1, 0.15) is 127 Å². The zero-order valence-corrected chi connectivity index (χ0v) is 23.2. The van der Waals surface area contributed by atoms with Crippen molar-refractivity contribution in [2.45, 2.75) is 127 Å². The van der Waals surface area contributed by atoms with E-state index in [-0.39, 0.29) is 0 Å². The Labute approximate surface area is 201 Å². The first-order valence-corrected chi connectivity index (χ1v) is 14.2. The van der Waals surface area contributed by atoms with Crippen molar-refractivity contribution in [1.82, 2.24) is 0 Å². The van der Waals surface area contributed by atoms with Gasteiger partial charge in [0.15, 0.2) is 0 Å². The van der Waals surface area contributed by atoms with Gasteiger partial charge in [0.1, 0.15) is 0 Å². The van der Waals surface area contributed by atoms with Gasteiger partial charge in [0.05, 0.1) is 0 Å². The summed E-state index contributed by atoms with van der Waals surface area (Å²) in [5.41, 5.74) is 7.25. The van der Waals surface area contributed by atoms with E-state index in [0.717, 1.165) is 23.7 Å². The molecule has 7 atom stereocenters. The maximum absolute atomic E-state index is 4.37. The van der Waals surface area contributed by atoms with E-state index in [4.69, 9.17) is 0 Å². The van der Waals surface area contributed by atoms with Crippen LogP contribution in [0, 0.1) is 51.2 Å². The summed E-state index contributed by atoms with van der Waals surface area (Å²) >= 11 is 0. The molecule has 0 aromatic carbocycles. The number of rotatable bonds is 5. The van der Waals surface area contributed by atoms with E-state index in [9.17, 15) is 0 Å². The second kappa shape index (κ2) is 8.02. The molecule has 0 aliphatic heterocycles. The zero-order valence-electron chi connectivity index (χ0n) is 23.2. The Hall–Kier alpha value is -0.520. The Morgan fingerprint density at radius 3 is 2.25 bits per heavy atom. The first-order chi connectivity index (χ1) is 14.8. The molecule has 0 saturated heterocycles. The number of allylic oxidation sites excluding steroid dienone is 3. The topological polar surface area (TPSA) is 0 Å². The normalized spacial score (nSPS) is 44.1. The fourth-order valence-electron chi connectivity index (χ4n) is 9.72. The molecule has 0 radical (unpaired) electrons. The lowest BCUT2D eigenvalue weighted by Crippen LogP contribution is -2.53. The molecule has 4 aliphatic carbocycles. The van der Waals surface area contributed by atoms with E-state index < -0.39 is 0 Å². The fourth-order valence-corrected chi connectivity index (χ4v) is 9.72. The molecule has 0 aromatic rings. The van der Waals surface area contributed by atoms with Crippen molar-refractivity contribution in [2.75, 3.05) is 0 Å². The van der Waals surface area contributed by atoms with Crippen LogP contribution in [-0.4, -0.2) is 0 Å². The van der Waals surface area contributed by atoms with Gasteiger partial charge in [-0.2, -0.15) is 0 Å². The van der Waals surface area contributed by atoms with Crippen LogP contribution < -0.4 is 0 Å². The van der Waals surface area contributed by atoms with Gasteiger partial charge in [-0.15, -0.1) is 0 Å². The fraction of sp³-hybridized carbons (Fsp3) is 0.875.